The Kier molecular flexibility index (Phi) is 9.02. The maximum Gasteiger partial charge on any atom is 0.137 e. The molecule has 2 aromatic heterocycles. The Balaban J connectivity index is 0.970. The molecule has 0 fully saturated rings. The minimum Gasteiger partial charge on any atom is -0.456 e. The van der Waals surface area contributed by atoms with Gasteiger partial charge in [-0.05, 0) is 116 Å². The molecule has 0 radical (unpaired) electrons. The normalized spacial score (nSPS) is 11.5. The first-order chi connectivity index (χ1) is 31.2. The summed E-state index contributed by atoms with van der Waals surface area (Å²) in [5.74, 6) is 0. The molecule has 296 valence electrons. The fourth-order valence-electron chi connectivity index (χ4n) is 8.94. The summed E-state index contributed by atoms with van der Waals surface area (Å²) in [6.45, 7) is 0. The zero-order valence-corrected chi connectivity index (χ0v) is 35.0. The number of aromatic nitrogens is 1. The Labute approximate surface area is 369 Å². The molecular weight excluding hydrogens is 785 g/mol. The molecule has 0 bridgehead atoms. The van der Waals surface area contributed by atoms with Crippen LogP contribution in [0.4, 0.5) is 17.1 Å². The Hall–Kier alpha value is -8.05. The third-order valence-corrected chi connectivity index (χ3v) is 13.2. The minimum absolute atomic E-state index is 0.868. The molecule has 12 rings (SSSR count). The van der Waals surface area contributed by atoms with Crippen LogP contribution in [0.25, 0.3) is 98.0 Å². The molecule has 10 aromatic carbocycles. The van der Waals surface area contributed by atoms with Gasteiger partial charge in [-0.1, -0.05) is 164 Å². The molecule has 0 amide bonds. The van der Waals surface area contributed by atoms with E-state index < -0.39 is 0 Å². The molecule has 4 heteroatoms. The van der Waals surface area contributed by atoms with E-state index in [1.165, 1.54) is 27.5 Å². The highest BCUT2D eigenvalue weighted by molar-refractivity contribution is 7.22. The third kappa shape index (κ3) is 6.74. The highest BCUT2D eigenvalue weighted by Crippen LogP contribution is 2.45. The van der Waals surface area contributed by atoms with Crippen LogP contribution in [-0.2, 0) is 0 Å². The zero-order chi connectivity index (χ0) is 41.7. The Morgan fingerprint density at radius 2 is 0.984 bits per heavy atom. The summed E-state index contributed by atoms with van der Waals surface area (Å²) >= 11 is 1.72. The molecule has 0 saturated carbocycles. The second-order valence-corrected chi connectivity index (χ2v) is 16.9. The molecule has 0 aliphatic carbocycles. The number of hydrogen-bond acceptors (Lipinski definition) is 4. The van der Waals surface area contributed by atoms with Crippen LogP contribution in [0.3, 0.4) is 0 Å². The van der Waals surface area contributed by atoms with Gasteiger partial charge < -0.3 is 9.32 Å². The number of rotatable bonds is 8. The van der Waals surface area contributed by atoms with Gasteiger partial charge in [0.15, 0.2) is 0 Å². The van der Waals surface area contributed by atoms with E-state index in [0.29, 0.717) is 0 Å². The highest BCUT2D eigenvalue weighted by Gasteiger charge is 2.20. The minimum atomic E-state index is 0.868. The number of thiazole rings is 1. The molecule has 0 unspecified atom stereocenters. The SMILES string of the molecule is c1ccc(-c2cccc(N(c3ccc(-c4ccc5c(c4)oc4ccc6nc(-c7ccccc7)sc6c45)cc3)c3ccc(-c4ccc5ccccc5c4)cc3-c3ccccc3)c2)cc1. The number of hydrogen-bond donors (Lipinski definition) is 0. The van der Waals surface area contributed by atoms with Crippen molar-refractivity contribution in [1.29, 1.82) is 0 Å². The van der Waals surface area contributed by atoms with E-state index in [1.54, 1.807) is 11.3 Å². The van der Waals surface area contributed by atoms with Crippen LogP contribution < -0.4 is 4.90 Å². The van der Waals surface area contributed by atoms with Crippen LogP contribution >= 0.6 is 11.3 Å². The zero-order valence-electron chi connectivity index (χ0n) is 34.2. The quantitative estimate of drug-likeness (QED) is 0.153. The van der Waals surface area contributed by atoms with Crippen LogP contribution in [-0.4, -0.2) is 4.98 Å². The van der Waals surface area contributed by atoms with Gasteiger partial charge in [0.1, 0.15) is 16.2 Å². The van der Waals surface area contributed by atoms with Gasteiger partial charge in [0.05, 0.1) is 15.9 Å². The van der Waals surface area contributed by atoms with E-state index >= 15 is 0 Å². The summed E-state index contributed by atoms with van der Waals surface area (Å²) in [4.78, 5) is 7.39. The first-order valence-corrected chi connectivity index (χ1v) is 22.1. The Morgan fingerprint density at radius 3 is 1.78 bits per heavy atom. The van der Waals surface area contributed by atoms with Gasteiger partial charge in [0, 0.05) is 33.3 Å². The van der Waals surface area contributed by atoms with E-state index in [4.69, 9.17) is 9.40 Å². The van der Waals surface area contributed by atoms with Gasteiger partial charge in [0.25, 0.3) is 0 Å². The van der Waals surface area contributed by atoms with Crippen molar-refractivity contribution < 1.29 is 4.42 Å². The fourth-order valence-corrected chi connectivity index (χ4v) is 10.1. The van der Waals surface area contributed by atoms with Crippen LogP contribution in [0.5, 0.6) is 0 Å². The molecule has 12 aromatic rings. The predicted octanol–water partition coefficient (Wildman–Crippen LogP) is 17.2. The highest BCUT2D eigenvalue weighted by atomic mass is 32.1. The summed E-state index contributed by atoms with van der Waals surface area (Å²) in [6, 6.07) is 82.5. The average Bonchev–Trinajstić information content (AvgIpc) is 3.97. The van der Waals surface area contributed by atoms with E-state index in [9.17, 15) is 0 Å². The monoisotopic (exact) mass is 822 g/mol. The van der Waals surface area contributed by atoms with E-state index in [1.807, 2.05) is 6.07 Å². The van der Waals surface area contributed by atoms with E-state index in [0.717, 1.165) is 87.6 Å². The number of fused-ring (bicyclic) bond motifs is 6. The molecule has 3 nitrogen and oxygen atoms in total. The lowest BCUT2D eigenvalue weighted by Crippen LogP contribution is -2.11. The fraction of sp³-hybridized carbons (Fsp3) is 0. The van der Waals surface area contributed by atoms with Gasteiger partial charge in [0.2, 0.25) is 0 Å². The van der Waals surface area contributed by atoms with Gasteiger partial charge >= 0.3 is 0 Å². The number of anilines is 3. The van der Waals surface area contributed by atoms with Gasteiger partial charge in [-0.2, -0.15) is 0 Å². The van der Waals surface area contributed by atoms with Crippen molar-refractivity contribution in [2.24, 2.45) is 0 Å². The van der Waals surface area contributed by atoms with Gasteiger partial charge in [-0.25, -0.2) is 4.98 Å². The van der Waals surface area contributed by atoms with Crippen LogP contribution in [0.1, 0.15) is 0 Å². The van der Waals surface area contributed by atoms with Crippen molar-refractivity contribution >= 4 is 71.3 Å². The van der Waals surface area contributed by atoms with Crippen molar-refractivity contribution in [3.63, 3.8) is 0 Å². The van der Waals surface area contributed by atoms with Crippen LogP contribution in [0.15, 0.2) is 235 Å². The maximum atomic E-state index is 6.55. The summed E-state index contributed by atoms with van der Waals surface area (Å²) in [7, 11) is 0. The number of benzene rings is 10. The van der Waals surface area contributed by atoms with Crippen molar-refractivity contribution in [3.8, 4) is 55.1 Å². The smallest absolute Gasteiger partial charge is 0.137 e. The van der Waals surface area contributed by atoms with Gasteiger partial charge in [-0.15, -0.1) is 11.3 Å². The lowest BCUT2D eigenvalue weighted by atomic mass is 9.94. The topological polar surface area (TPSA) is 29.3 Å². The molecule has 0 aliphatic heterocycles. The lowest BCUT2D eigenvalue weighted by Gasteiger charge is -2.29. The Morgan fingerprint density at radius 1 is 0.381 bits per heavy atom. The number of furan rings is 1. The molecule has 0 N–H and O–H groups in total. The van der Waals surface area contributed by atoms with Gasteiger partial charge in [-0.3, -0.25) is 0 Å². The first kappa shape index (κ1) is 36.8. The van der Waals surface area contributed by atoms with E-state index in [2.05, 4.69) is 229 Å². The lowest BCUT2D eigenvalue weighted by molar-refractivity contribution is 0.669. The summed E-state index contributed by atoms with van der Waals surface area (Å²) in [6.07, 6.45) is 0. The van der Waals surface area contributed by atoms with Crippen LogP contribution in [0.2, 0.25) is 0 Å². The van der Waals surface area contributed by atoms with Crippen LogP contribution in [0, 0.1) is 0 Å². The van der Waals surface area contributed by atoms with Crippen molar-refractivity contribution in [1.82, 2.24) is 4.98 Å². The molecule has 0 atom stereocenters. The second kappa shape index (κ2) is 15.4. The Bertz CT molecular complexity index is 3610. The average molecular weight is 823 g/mol. The van der Waals surface area contributed by atoms with Crippen molar-refractivity contribution in [2.45, 2.75) is 0 Å². The summed E-state index contributed by atoms with van der Waals surface area (Å²) in [5, 5.41) is 5.71. The molecular formula is C59H38N2OS. The maximum absolute atomic E-state index is 6.55. The second-order valence-electron chi connectivity index (χ2n) is 15.9. The molecule has 2 heterocycles. The standard InChI is InChI=1S/C59H38N2OS/c1-4-13-39(14-5-1)45-21-12-22-50(36-45)61(54-33-28-47(37-52(54)42-16-6-2-7-17-42)46-24-23-40-15-10-11-20-44(40)35-46)49-29-25-41(26-30-49)48-27-31-51-56(38-48)62-55-34-32-53-58(57(51)55)63-59(60-53)43-18-8-3-9-19-43/h1-38H. The summed E-state index contributed by atoms with van der Waals surface area (Å²) < 4.78 is 7.70. The molecule has 0 aliphatic rings. The van der Waals surface area contributed by atoms with Crippen molar-refractivity contribution in [2.75, 3.05) is 4.90 Å². The molecule has 63 heavy (non-hydrogen) atoms. The molecule has 0 saturated heterocycles. The largest absolute Gasteiger partial charge is 0.456 e. The van der Waals surface area contributed by atoms with E-state index in [-0.39, 0.29) is 0 Å². The van der Waals surface area contributed by atoms with Crippen molar-refractivity contribution in [3.05, 3.63) is 231 Å². The third-order valence-electron chi connectivity index (χ3n) is 12.1. The predicted molar refractivity (Wildman–Crippen MR) is 266 cm³/mol. The first-order valence-electron chi connectivity index (χ1n) is 21.3. The summed E-state index contributed by atoms with van der Waals surface area (Å²) in [5.41, 5.74) is 16.3. The molecule has 0 spiro atoms. The number of nitrogens with zero attached hydrogens (tertiary/aromatic N) is 2.